The molecule has 0 saturated heterocycles. The van der Waals surface area contributed by atoms with Gasteiger partial charge in [0.1, 0.15) is 0 Å². The largest absolute Gasteiger partial charge is 0.465 e. The van der Waals surface area contributed by atoms with Crippen LogP contribution in [0.15, 0.2) is 12.3 Å². The van der Waals surface area contributed by atoms with Crippen molar-refractivity contribution in [2.45, 2.75) is 0 Å². The van der Waals surface area contributed by atoms with E-state index in [9.17, 15) is 9.59 Å². The summed E-state index contributed by atoms with van der Waals surface area (Å²) in [6, 6.07) is 1.56. The highest BCUT2D eigenvalue weighted by Gasteiger charge is 2.19. The first-order chi connectivity index (χ1) is 9.43. The number of hydrogen-bond acceptors (Lipinski definition) is 6. The Morgan fingerprint density at radius 2 is 2.15 bits per heavy atom. The summed E-state index contributed by atoms with van der Waals surface area (Å²) in [6.07, 6.45) is 1.58. The number of aromatic nitrogens is 3. The van der Waals surface area contributed by atoms with E-state index in [4.69, 9.17) is 11.6 Å². The van der Waals surface area contributed by atoms with Crippen LogP contribution in [-0.2, 0) is 4.74 Å². The van der Waals surface area contributed by atoms with Gasteiger partial charge in [-0.15, -0.1) is 0 Å². The molecule has 20 heavy (non-hydrogen) atoms. The molecule has 0 aliphatic rings. The molecule has 0 aromatic carbocycles. The highest BCUT2D eigenvalue weighted by molar-refractivity contribution is 7.16. The monoisotopic (exact) mass is 314 g/mol. The van der Waals surface area contributed by atoms with Crippen LogP contribution in [0, 0.1) is 0 Å². The lowest BCUT2D eigenvalue weighted by molar-refractivity contribution is 0.0606. The molecule has 0 bridgehead atoms. The molecule has 0 aliphatic carbocycles. The molecule has 2 heterocycles. The summed E-state index contributed by atoms with van der Waals surface area (Å²) >= 11 is 6.91. The fourth-order valence-corrected chi connectivity index (χ4v) is 2.52. The maximum absolute atomic E-state index is 11.7. The van der Waals surface area contributed by atoms with Gasteiger partial charge >= 0.3 is 5.97 Å². The van der Waals surface area contributed by atoms with Gasteiger partial charge in [0, 0.05) is 20.3 Å². The average molecular weight is 315 g/mol. The molecule has 2 rings (SSSR count). The van der Waals surface area contributed by atoms with Crippen molar-refractivity contribution in [1.82, 2.24) is 19.7 Å². The van der Waals surface area contributed by atoms with Gasteiger partial charge in [0.25, 0.3) is 5.91 Å². The van der Waals surface area contributed by atoms with Gasteiger partial charge in [0.15, 0.2) is 15.7 Å². The molecular weight excluding hydrogens is 304 g/mol. The molecule has 0 spiro atoms. The zero-order valence-corrected chi connectivity index (χ0v) is 12.5. The number of hydrogen-bond donors (Lipinski definition) is 0. The smallest absolute Gasteiger partial charge is 0.351 e. The molecule has 2 aromatic heterocycles. The highest BCUT2D eigenvalue weighted by Crippen LogP contribution is 2.26. The number of methoxy groups -OCH3 is 1. The van der Waals surface area contributed by atoms with Crippen molar-refractivity contribution in [1.29, 1.82) is 0 Å². The van der Waals surface area contributed by atoms with E-state index in [-0.39, 0.29) is 21.6 Å². The second kappa shape index (κ2) is 5.59. The normalized spacial score (nSPS) is 10.4. The third-order valence-electron chi connectivity index (χ3n) is 2.36. The third-order valence-corrected chi connectivity index (χ3v) is 3.77. The number of halogens is 1. The third kappa shape index (κ3) is 2.66. The average Bonchev–Trinajstić information content (AvgIpc) is 3.03. The predicted molar refractivity (Wildman–Crippen MR) is 73.6 cm³/mol. The maximum Gasteiger partial charge on any atom is 0.351 e. The Morgan fingerprint density at radius 1 is 1.45 bits per heavy atom. The van der Waals surface area contributed by atoms with Crippen LogP contribution in [0.5, 0.6) is 0 Å². The van der Waals surface area contributed by atoms with Crippen molar-refractivity contribution < 1.29 is 14.3 Å². The first-order valence-corrected chi connectivity index (χ1v) is 6.65. The number of rotatable bonds is 3. The maximum atomic E-state index is 11.7. The molecule has 0 atom stereocenters. The van der Waals surface area contributed by atoms with Crippen molar-refractivity contribution in [3.8, 4) is 5.13 Å². The van der Waals surface area contributed by atoms with Gasteiger partial charge in [-0.3, -0.25) is 4.79 Å². The highest BCUT2D eigenvalue weighted by atomic mass is 35.5. The van der Waals surface area contributed by atoms with Crippen LogP contribution in [-0.4, -0.2) is 52.7 Å². The van der Waals surface area contributed by atoms with Crippen molar-refractivity contribution >= 4 is 34.8 Å². The topological polar surface area (TPSA) is 77.3 Å². The van der Waals surface area contributed by atoms with E-state index in [2.05, 4.69) is 14.8 Å². The van der Waals surface area contributed by atoms with Gasteiger partial charge in [-0.1, -0.05) is 22.9 Å². The Morgan fingerprint density at radius 3 is 2.75 bits per heavy atom. The van der Waals surface area contributed by atoms with Crippen LogP contribution in [0.1, 0.15) is 20.2 Å². The summed E-state index contributed by atoms with van der Waals surface area (Å²) in [5.74, 6) is -0.782. The summed E-state index contributed by atoms with van der Waals surface area (Å²) in [7, 11) is 4.54. The van der Waals surface area contributed by atoms with Crippen LogP contribution in [0.2, 0.25) is 5.15 Å². The van der Waals surface area contributed by atoms with E-state index in [1.165, 1.54) is 16.7 Å². The van der Waals surface area contributed by atoms with Crippen LogP contribution in [0.4, 0.5) is 0 Å². The number of carbonyl (C=O) groups excluding carboxylic acids is 2. The Bertz CT molecular complexity index is 664. The number of esters is 1. The number of carbonyl (C=O) groups is 2. The molecule has 0 aliphatic heterocycles. The standard InChI is InChI=1S/C11H11ClN4O3S/c1-15(2)9(17)6-4-5-16(14-6)11-13-8(12)7(20-11)10(18)19-3/h4-5H,1-3H3. The summed E-state index contributed by atoms with van der Waals surface area (Å²) in [6.45, 7) is 0. The molecule has 0 fully saturated rings. The molecule has 1 amide bonds. The van der Waals surface area contributed by atoms with Crippen molar-refractivity contribution in [3.63, 3.8) is 0 Å². The zero-order chi connectivity index (χ0) is 14.9. The summed E-state index contributed by atoms with van der Waals surface area (Å²) in [4.78, 5) is 28.8. The Balaban J connectivity index is 2.34. The minimum absolute atomic E-state index is 0.0489. The van der Waals surface area contributed by atoms with E-state index in [0.29, 0.717) is 5.13 Å². The lowest BCUT2D eigenvalue weighted by Gasteiger charge is -2.06. The van der Waals surface area contributed by atoms with Crippen LogP contribution < -0.4 is 0 Å². The predicted octanol–water partition coefficient (Wildman–Crippen LogP) is 1.47. The summed E-state index contributed by atoms with van der Waals surface area (Å²) in [5.41, 5.74) is 0.279. The van der Waals surface area contributed by atoms with Crippen LogP contribution in [0.3, 0.4) is 0 Å². The van der Waals surface area contributed by atoms with E-state index in [1.54, 1.807) is 26.4 Å². The van der Waals surface area contributed by atoms with Crippen molar-refractivity contribution in [2.24, 2.45) is 0 Å². The molecule has 0 saturated carbocycles. The van der Waals surface area contributed by atoms with E-state index < -0.39 is 5.97 Å². The second-order valence-corrected chi connectivity index (χ2v) is 5.29. The fourth-order valence-electron chi connectivity index (χ4n) is 1.38. The fraction of sp³-hybridized carbons (Fsp3) is 0.273. The summed E-state index contributed by atoms with van der Waals surface area (Å²) < 4.78 is 5.99. The van der Waals surface area contributed by atoms with Crippen molar-refractivity contribution in [2.75, 3.05) is 21.2 Å². The summed E-state index contributed by atoms with van der Waals surface area (Å²) in [5, 5.41) is 4.54. The van der Waals surface area contributed by atoms with Crippen LogP contribution >= 0.6 is 22.9 Å². The first-order valence-electron chi connectivity index (χ1n) is 5.46. The van der Waals surface area contributed by atoms with Crippen LogP contribution in [0.25, 0.3) is 5.13 Å². The van der Waals surface area contributed by atoms with E-state index >= 15 is 0 Å². The van der Waals surface area contributed by atoms with Gasteiger partial charge in [0.05, 0.1) is 7.11 Å². The lowest BCUT2D eigenvalue weighted by atomic mass is 10.4. The molecule has 2 aromatic rings. The minimum atomic E-state index is -0.560. The molecule has 0 N–H and O–H groups in total. The lowest BCUT2D eigenvalue weighted by Crippen LogP contribution is -2.22. The second-order valence-electron chi connectivity index (χ2n) is 3.95. The molecule has 106 valence electrons. The SMILES string of the molecule is COC(=O)c1sc(-n2ccc(C(=O)N(C)C)n2)nc1Cl. The molecular formula is C11H11ClN4O3S. The number of nitrogens with zero attached hydrogens (tertiary/aromatic N) is 4. The van der Waals surface area contributed by atoms with Gasteiger partial charge in [0.2, 0.25) is 5.13 Å². The van der Waals surface area contributed by atoms with Crippen molar-refractivity contribution in [3.05, 3.63) is 28.0 Å². The zero-order valence-electron chi connectivity index (χ0n) is 11.0. The molecule has 0 radical (unpaired) electrons. The van der Waals surface area contributed by atoms with Gasteiger partial charge in [-0.25, -0.2) is 14.5 Å². The Labute approximate surface area is 123 Å². The van der Waals surface area contributed by atoms with E-state index in [1.807, 2.05) is 0 Å². The Hall–Kier alpha value is -1.93. The Kier molecular flexibility index (Phi) is 4.05. The minimum Gasteiger partial charge on any atom is -0.465 e. The first kappa shape index (κ1) is 14.5. The number of thiazole rings is 1. The molecule has 7 nitrogen and oxygen atoms in total. The van der Waals surface area contributed by atoms with Gasteiger partial charge in [-0.05, 0) is 6.07 Å². The van der Waals surface area contributed by atoms with Gasteiger partial charge in [-0.2, -0.15) is 5.10 Å². The molecule has 0 unspecified atom stereocenters. The number of amides is 1. The van der Waals surface area contributed by atoms with E-state index in [0.717, 1.165) is 11.3 Å². The number of ether oxygens (including phenoxy) is 1. The van der Waals surface area contributed by atoms with Gasteiger partial charge < -0.3 is 9.64 Å². The quantitative estimate of drug-likeness (QED) is 0.802. The molecule has 9 heteroatoms.